The second-order valence-corrected chi connectivity index (χ2v) is 4.55. The van der Waals surface area contributed by atoms with Crippen LogP contribution in [-0.2, 0) is 0 Å². The van der Waals surface area contributed by atoms with Gasteiger partial charge < -0.3 is 9.80 Å². The van der Waals surface area contributed by atoms with E-state index in [0.29, 0.717) is 10.6 Å². The highest BCUT2D eigenvalue weighted by Crippen LogP contribution is 2.29. The van der Waals surface area contributed by atoms with E-state index in [1.165, 1.54) is 0 Å². The van der Waals surface area contributed by atoms with E-state index in [2.05, 4.69) is 22.8 Å². The van der Waals surface area contributed by atoms with E-state index in [9.17, 15) is 0 Å². The van der Waals surface area contributed by atoms with E-state index in [0.717, 1.165) is 38.4 Å². The fourth-order valence-electron chi connectivity index (χ4n) is 2.16. The number of hydrogen-bond donors (Lipinski definition) is 0. The van der Waals surface area contributed by atoms with Gasteiger partial charge >= 0.3 is 0 Å². The summed E-state index contributed by atoms with van der Waals surface area (Å²) in [7, 11) is 0. The van der Waals surface area contributed by atoms with Crippen LogP contribution in [0.15, 0.2) is 18.2 Å². The fraction of sp³-hybridized carbons (Fsp3) is 0.462. The lowest BCUT2D eigenvalue weighted by Gasteiger charge is -2.36. The van der Waals surface area contributed by atoms with E-state index >= 15 is 0 Å². The average molecular weight is 250 g/mol. The fourth-order valence-corrected chi connectivity index (χ4v) is 2.44. The Morgan fingerprint density at radius 1 is 1.29 bits per heavy atom. The van der Waals surface area contributed by atoms with Crippen LogP contribution in [0.4, 0.5) is 5.69 Å². The molecule has 1 saturated heterocycles. The minimum atomic E-state index is 0.557. The maximum atomic E-state index is 8.96. The molecule has 1 aliphatic heterocycles. The number of nitriles is 1. The van der Waals surface area contributed by atoms with Crippen LogP contribution in [-0.4, -0.2) is 37.6 Å². The molecule has 4 heteroatoms. The number of rotatable bonds is 2. The molecule has 90 valence electrons. The molecule has 3 nitrogen and oxygen atoms in total. The standard InChI is InChI=1S/C13H16ClN3/c1-2-16-6-8-17(9-7-16)12-5-3-4-11(10-15)13(12)14/h3-5H,2,6-9H2,1H3. The minimum Gasteiger partial charge on any atom is -0.368 e. The zero-order valence-corrected chi connectivity index (χ0v) is 10.7. The molecule has 1 aromatic rings. The van der Waals surface area contributed by atoms with Gasteiger partial charge in [-0.15, -0.1) is 0 Å². The van der Waals surface area contributed by atoms with Crippen molar-refractivity contribution in [3.8, 4) is 6.07 Å². The van der Waals surface area contributed by atoms with Crippen LogP contribution in [0.5, 0.6) is 0 Å². The molecule has 0 bridgehead atoms. The first kappa shape index (κ1) is 12.2. The highest BCUT2D eigenvalue weighted by molar-refractivity contribution is 6.34. The molecule has 1 heterocycles. The van der Waals surface area contributed by atoms with Gasteiger partial charge in [0.25, 0.3) is 0 Å². The van der Waals surface area contributed by atoms with Gasteiger partial charge in [0.15, 0.2) is 0 Å². The molecule has 1 aliphatic rings. The highest BCUT2D eigenvalue weighted by Gasteiger charge is 2.18. The number of hydrogen-bond acceptors (Lipinski definition) is 3. The lowest BCUT2D eigenvalue weighted by molar-refractivity contribution is 0.271. The third kappa shape index (κ3) is 2.54. The zero-order chi connectivity index (χ0) is 12.3. The third-order valence-electron chi connectivity index (χ3n) is 3.26. The smallest absolute Gasteiger partial charge is 0.101 e. The predicted octanol–water partition coefficient (Wildman–Crippen LogP) is 2.35. The molecule has 2 rings (SSSR count). The van der Waals surface area contributed by atoms with Crippen LogP contribution in [0.3, 0.4) is 0 Å². The Hall–Kier alpha value is -1.24. The molecule has 0 N–H and O–H groups in total. The van der Waals surface area contributed by atoms with Crippen LogP contribution in [0, 0.1) is 11.3 Å². The summed E-state index contributed by atoms with van der Waals surface area (Å²) < 4.78 is 0. The first-order chi connectivity index (χ1) is 8.26. The molecule has 0 aliphatic carbocycles. The normalized spacial score (nSPS) is 16.9. The third-order valence-corrected chi connectivity index (χ3v) is 3.66. The zero-order valence-electron chi connectivity index (χ0n) is 9.99. The lowest BCUT2D eigenvalue weighted by Crippen LogP contribution is -2.46. The second kappa shape index (κ2) is 5.39. The molecular formula is C13H16ClN3. The Balaban J connectivity index is 2.16. The molecule has 0 atom stereocenters. The van der Waals surface area contributed by atoms with Gasteiger partial charge in [-0.2, -0.15) is 5.26 Å². The highest BCUT2D eigenvalue weighted by atomic mass is 35.5. The van der Waals surface area contributed by atoms with Gasteiger partial charge in [-0.05, 0) is 18.7 Å². The lowest BCUT2D eigenvalue weighted by atomic mass is 10.2. The van der Waals surface area contributed by atoms with Crippen LogP contribution in [0.1, 0.15) is 12.5 Å². The molecule has 0 saturated carbocycles. The molecule has 1 aromatic carbocycles. The number of benzene rings is 1. The van der Waals surface area contributed by atoms with E-state index in [1.807, 2.05) is 12.1 Å². The van der Waals surface area contributed by atoms with Gasteiger partial charge in [-0.25, -0.2) is 0 Å². The summed E-state index contributed by atoms with van der Waals surface area (Å²) >= 11 is 6.23. The van der Waals surface area contributed by atoms with Crippen LogP contribution >= 0.6 is 11.6 Å². The van der Waals surface area contributed by atoms with Crippen LogP contribution in [0.25, 0.3) is 0 Å². The second-order valence-electron chi connectivity index (χ2n) is 4.17. The van der Waals surface area contributed by atoms with Crippen LogP contribution in [0.2, 0.25) is 5.02 Å². The molecule has 0 radical (unpaired) electrons. The maximum absolute atomic E-state index is 8.96. The summed E-state index contributed by atoms with van der Waals surface area (Å²) in [6.45, 7) is 7.34. The van der Waals surface area contributed by atoms with Gasteiger partial charge in [0.2, 0.25) is 0 Å². The van der Waals surface area contributed by atoms with Crippen molar-refractivity contribution in [1.29, 1.82) is 5.26 Å². The van der Waals surface area contributed by atoms with Gasteiger partial charge in [-0.3, -0.25) is 0 Å². The van der Waals surface area contributed by atoms with Crippen LogP contribution < -0.4 is 4.90 Å². The van der Waals surface area contributed by atoms with E-state index in [-0.39, 0.29) is 0 Å². The quantitative estimate of drug-likeness (QED) is 0.806. The number of anilines is 1. The predicted molar refractivity (Wildman–Crippen MR) is 70.5 cm³/mol. The first-order valence-electron chi connectivity index (χ1n) is 5.92. The summed E-state index contributed by atoms with van der Waals surface area (Å²) in [5.41, 5.74) is 1.54. The number of nitrogens with zero attached hydrogens (tertiary/aromatic N) is 3. The molecule has 0 aromatic heterocycles. The van der Waals surface area contributed by atoms with Gasteiger partial charge in [-0.1, -0.05) is 24.6 Å². The number of likely N-dealkylation sites (N-methyl/N-ethyl adjacent to an activating group) is 1. The Morgan fingerprint density at radius 2 is 2.00 bits per heavy atom. The average Bonchev–Trinajstić information content (AvgIpc) is 2.39. The summed E-state index contributed by atoms with van der Waals surface area (Å²) in [4.78, 5) is 4.67. The monoisotopic (exact) mass is 249 g/mol. The maximum Gasteiger partial charge on any atom is 0.101 e. The van der Waals surface area contributed by atoms with Crippen molar-refractivity contribution in [3.05, 3.63) is 28.8 Å². The SMILES string of the molecule is CCN1CCN(c2cccc(C#N)c2Cl)CC1. The van der Waals surface area contributed by atoms with E-state index in [1.54, 1.807) is 6.07 Å². The van der Waals surface area contributed by atoms with Crippen molar-refractivity contribution in [2.45, 2.75) is 6.92 Å². The molecule has 0 spiro atoms. The van der Waals surface area contributed by atoms with E-state index < -0.39 is 0 Å². The van der Waals surface area contributed by atoms with Crippen molar-refractivity contribution < 1.29 is 0 Å². The van der Waals surface area contributed by atoms with E-state index in [4.69, 9.17) is 16.9 Å². The Bertz CT molecular complexity index is 431. The Labute approximate surface area is 107 Å². The Kier molecular flexibility index (Phi) is 3.88. The molecule has 0 unspecified atom stereocenters. The summed E-state index contributed by atoms with van der Waals surface area (Å²) in [5.74, 6) is 0. The number of piperazine rings is 1. The van der Waals surface area contributed by atoms with Crippen molar-refractivity contribution >= 4 is 17.3 Å². The van der Waals surface area contributed by atoms with Gasteiger partial charge in [0.05, 0.1) is 16.3 Å². The number of halogens is 1. The Morgan fingerprint density at radius 3 is 2.59 bits per heavy atom. The van der Waals surface area contributed by atoms with Crippen molar-refractivity contribution in [2.24, 2.45) is 0 Å². The largest absolute Gasteiger partial charge is 0.368 e. The summed E-state index contributed by atoms with van der Waals surface area (Å²) in [5, 5.41) is 9.54. The molecule has 0 amide bonds. The minimum absolute atomic E-state index is 0.557. The molecule has 17 heavy (non-hydrogen) atoms. The van der Waals surface area contributed by atoms with Crippen molar-refractivity contribution in [1.82, 2.24) is 4.90 Å². The van der Waals surface area contributed by atoms with Crippen molar-refractivity contribution in [3.63, 3.8) is 0 Å². The molecule has 1 fully saturated rings. The van der Waals surface area contributed by atoms with Gasteiger partial charge in [0.1, 0.15) is 6.07 Å². The summed E-state index contributed by atoms with van der Waals surface area (Å²) in [6, 6.07) is 7.77. The topological polar surface area (TPSA) is 30.3 Å². The van der Waals surface area contributed by atoms with Gasteiger partial charge in [0, 0.05) is 26.2 Å². The summed E-state index contributed by atoms with van der Waals surface area (Å²) in [6.07, 6.45) is 0. The molecular weight excluding hydrogens is 234 g/mol. The first-order valence-corrected chi connectivity index (χ1v) is 6.30. The van der Waals surface area contributed by atoms with Crippen molar-refractivity contribution in [2.75, 3.05) is 37.6 Å².